The largest absolute Gasteiger partial charge is 0.383 e. The van der Waals surface area contributed by atoms with Gasteiger partial charge < -0.3 is 20.7 Å². The third-order valence-electron chi connectivity index (χ3n) is 4.12. The molecule has 8 nitrogen and oxygen atoms in total. The molecule has 2 atom stereocenters. The van der Waals surface area contributed by atoms with E-state index in [0.717, 1.165) is 0 Å². The van der Waals surface area contributed by atoms with Crippen molar-refractivity contribution in [2.45, 2.75) is 25.4 Å². The topological polar surface area (TPSA) is 102 Å². The zero-order valence-corrected chi connectivity index (χ0v) is 13.7. The summed E-state index contributed by atoms with van der Waals surface area (Å²) in [7, 11) is 3.32. The second-order valence-electron chi connectivity index (χ2n) is 5.56. The van der Waals surface area contributed by atoms with Gasteiger partial charge in [-0.15, -0.1) is 0 Å². The highest BCUT2D eigenvalue weighted by molar-refractivity contribution is 5.98. The Morgan fingerprint density at radius 2 is 2.26 bits per heavy atom. The maximum Gasteiger partial charge on any atom is 0.254 e. The Balaban J connectivity index is 2.36. The summed E-state index contributed by atoms with van der Waals surface area (Å²) >= 11 is 0. The molecule has 0 spiro atoms. The summed E-state index contributed by atoms with van der Waals surface area (Å²) in [6.45, 7) is 6.20. The highest BCUT2D eigenvalue weighted by atomic mass is 16.5. The second kappa shape index (κ2) is 6.82. The Hall–Kier alpha value is -2.35. The highest BCUT2D eigenvalue weighted by Crippen LogP contribution is 2.32. The van der Waals surface area contributed by atoms with Crippen LogP contribution in [0.4, 0.5) is 5.82 Å². The third kappa shape index (κ3) is 3.07. The molecule has 0 unspecified atom stereocenters. The molecule has 0 aromatic carbocycles. The molecule has 8 heteroatoms. The van der Waals surface area contributed by atoms with Gasteiger partial charge in [-0.2, -0.15) is 5.10 Å². The van der Waals surface area contributed by atoms with Gasteiger partial charge in [-0.25, -0.2) is 4.68 Å². The van der Waals surface area contributed by atoms with Crippen molar-refractivity contribution in [2.75, 3.05) is 32.6 Å². The van der Waals surface area contributed by atoms with E-state index in [2.05, 4.69) is 17.0 Å². The minimum absolute atomic E-state index is 0.0539. The summed E-state index contributed by atoms with van der Waals surface area (Å²) in [6.07, 6.45) is 1.98. The number of nitrogens with two attached hydrogens (primary N) is 1. The normalized spacial score (nSPS) is 20.6. The Bertz CT molecular complexity index is 625. The molecule has 1 aliphatic rings. The number of carbonyl (C=O) groups is 2. The Kier molecular flexibility index (Phi) is 5.05. The number of primary amides is 1. The number of rotatable bonds is 6. The van der Waals surface area contributed by atoms with Crippen molar-refractivity contribution in [1.29, 1.82) is 0 Å². The molecule has 2 rings (SSSR count). The lowest BCUT2D eigenvalue weighted by Gasteiger charge is -2.22. The van der Waals surface area contributed by atoms with Crippen molar-refractivity contribution < 1.29 is 14.3 Å². The van der Waals surface area contributed by atoms with Crippen LogP contribution in [0.25, 0.3) is 0 Å². The number of anilines is 1. The van der Waals surface area contributed by atoms with Gasteiger partial charge in [0, 0.05) is 20.7 Å². The number of likely N-dealkylation sites (tertiary alicyclic amines) is 1. The van der Waals surface area contributed by atoms with Crippen LogP contribution < -0.4 is 11.1 Å². The van der Waals surface area contributed by atoms with Crippen molar-refractivity contribution in [3.8, 4) is 0 Å². The molecule has 1 aliphatic heterocycles. The minimum atomic E-state index is -0.524. The Morgan fingerprint density at radius 1 is 1.57 bits per heavy atom. The quantitative estimate of drug-likeness (QED) is 0.734. The molecular weight excluding hydrogens is 298 g/mol. The van der Waals surface area contributed by atoms with Gasteiger partial charge in [-0.05, 0) is 19.4 Å². The van der Waals surface area contributed by atoms with Crippen LogP contribution in [-0.4, -0.2) is 59.8 Å². The van der Waals surface area contributed by atoms with Gasteiger partial charge in [0.1, 0.15) is 11.4 Å². The van der Waals surface area contributed by atoms with Crippen LogP contribution >= 0.6 is 0 Å². The average molecular weight is 321 g/mol. The molecule has 0 saturated carbocycles. The lowest BCUT2D eigenvalue weighted by Crippen LogP contribution is -2.37. The molecule has 3 N–H and O–H groups in total. The SMILES string of the molecule is C=CC(=O)N1C[C@@H](n2nc(C)c(C(N)=O)c2NC)C[C@@H]1COC. The van der Waals surface area contributed by atoms with Crippen LogP contribution in [0.15, 0.2) is 12.7 Å². The number of carbonyl (C=O) groups excluding carboxylic acids is 2. The van der Waals surface area contributed by atoms with Crippen LogP contribution in [-0.2, 0) is 9.53 Å². The third-order valence-corrected chi connectivity index (χ3v) is 4.12. The van der Waals surface area contributed by atoms with E-state index in [1.165, 1.54) is 6.08 Å². The second-order valence-corrected chi connectivity index (χ2v) is 5.56. The number of aromatic nitrogens is 2. The average Bonchev–Trinajstić information content (AvgIpc) is 3.07. The van der Waals surface area contributed by atoms with E-state index in [4.69, 9.17) is 10.5 Å². The first kappa shape index (κ1) is 17.0. The minimum Gasteiger partial charge on any atom is -0.383 e. The first-order chi connectivity index (χ1) is 10.9. The lowest BCUT2D eigenvalue weighted by molar-refractivity contribution is -0.127. The van der Waals surface area contributed by atoms with Crippen molar-refractivity contribution >= 4 is 17.6 Å². The standard InChI is InChI=1S/C15H23N5O3/c1-5-12(21)19-7-10(6-11(19)8-23-4)20-15(17-3)13(14(16)22)9(2)18-20/h5,10-11,17H,1,6-8H2,2-4H3,(H2,16,22)/t10-,11+/m0/s1. The molecule has 0 radical (unpaired) electrons. The van der Waals surface area contributed by atoms with Crippen LogP contribution in [0.1, 0.15) is 28.5 Å². The fraction of sp³-hybridized carbons (Fsp3) is 0.533. The van der Waals surface area contributed by atoms with Crippen molar-refractivity contribution in [2.24, 2.45) is 5.73 Å². The zero-order chi connectivity index (χ0) is 17.1. The number of nitrogens with one attached hydrogen (secondary N) is 1. The maximum atomic E-state index is 12.0. The molecule has 0 bridgehead atoms. The van der Waals surface area contributed by atoms with Gasteiger partial charge in [0.25, 0.3) is 5.91 Å². The molecule has 2 heterocycles. The fourth-order valence-electron chi connectivity index (χ4n) is 3.15. The van der Waals surface area contributed by atoms with E-state index in [-0.39, 0.29) is 18.0 Å². The summed E-state index contributed by atoms with van der Waals surface area (Å²) in [5.41, 5.74) is 6.39. The van der Waals surface area contributed by atoms with E-state index in [1.54, 1.807) is 30.7 Å². The van der Waals surface area contributed by atoms with Crippen LogP contribution in [0.3, 0.4) is 0 Å². The van der Waals surface area contributed by atoms with Gasteiger partial charge in [-0.1, -0.05) is 6.58 Å². The number of methoxy groups -OCH3 is 1. The van der Waals surface area contributed by atoms with Gasteiger partial charge >= 0.3 is 0 Å². The number of hydrogen-bond donors (Lipinski definition) is 2. The van der Waals surface area contributed by atoms with Crippen LogP contribution in [0.2, 0.25) is 0 Å². The zero-order valence-electron chi connectivity index (χ0n) is 13.7. The van der Waals surface area contributed by atoms with E-state index in [1.807, 2.05) is 0 Å². The van der Waals surface area contributed by atoms with Crippen LogP contribution in [0.5, 0.6) is 0 Å². The summed E-state index contributed by atoms with van der Waals surface area (Å²) in [6, 6.07) is -0.116. The summed E-state index contributed by atoms with van der Waals surface area (Å²) in [5, 5.41) is 7.44. The molecule has 2 amide bonds. The van der Waals surface area contributed by atoms with E-state index in [9.17, 15) is 9.59 Å². The van der Waals surface area contributed by atoms with E-state index >= 15 is 0 Å². The molecule has 1 saturated heterocycles. The van der Waals surface area contributed by atoms with Gasteiger partial charge in [0.15, 0.2) is 0 Å². The number of amides is 2. The Labute approximate surface area is 135 Å². The van der Waals surface area contributed by atoms with Gasteiger partial charge in [-0.3, -0.25) is 9.59 Å². The lowest BCUT2D eigenvalue weighted by atomic mass is 10.1. The molecule has 23 heavy (non-hydrogen) atoms. The van der Waals surface area contributed by atoms with Crippen molar-refractivity contribution in [3.63, 3.8) is 0 Å². The van der Waals surface area contributed by atoms with Gasteiger partial charge in [0.2, 0.25) is 5.91 Å². The summed E-state index contributed by atoms with van der Waals surface area (Å²) < 4.78 is 6.96. The number of aryl methyl sites for hydroxylation is 1. The molecule has 1 aromatic rings. The predicted molar refractivity (Wildman–Crippen MR) is 86.3 cm³/mol. The van der Waals surface area contributed by atoms with Crippen LogP contribution in [0, 0.1) is 6.92 Å². The number of nitrogens with zero attached hydrogens (tertiary/aromatic N) is 3. The fourth-order valence-corrected chi connectivity index (χ4v) is 3.15. The molecule has 1 aromatic heterocycles. The molecule has 126 valence electrons. The number of ether oxygens (including phenoxy) is 1. The summed E-state index contributed by atoms with van der Waals surface area (Å²) in [5.74, 6) is -0.0906. The maximum absolute atomic E-state index is 12.0. The molecule has 1 fully saturated rings. The summed E-state index contributed by atoms with van der Waals surface area (Å²) in [4.78, 5) is 25.4. The monoisotopic (exact) mass is 321 g/mol. The molecule has 0 aliphatic carbocycles. The van der Waals surface area contributed by atoms with Crippen molar-refractivity contribution in [1.82, 2.24) is 14.7 Å². The highest BCUT2D eigenvalue weighted by Gasteiger charge is 2.37. The molecular formula is C15H23N5O3. The first-order valence-corrected chi connectivity index (χ1v) is 7.43. The predicted octanol–water partition coefficient (Wildman–Crippen LogP) is 0.307. The smallest absolute Gasteiger partial charge is 0.254 e. The van der Waals surface area contributed by atoms with E-state index < -0.39 is 5.91 Å². The number of hydrogen-bond acceptors (Lipinski definition) is 5. The Morgan fingerprint density at radius 3 is 2.78 bits per heavy atom. The first-order valence-electron chi connectivity index (χ1n) is 7.43. The van der Waals surface area contributed by atoms with E-state index in [0.29, 0.717) is 36.6 Å². The van der Waals surface area contributed by atoms with Gasteiger partial charge in [0.05, 0.1) is 24.4 Å². The van der Waals surface area contributed by atoms with Crippen molar-refractivity contribution in [3.05, 3.63) is 23.9 Å².